The number of carbonyl (C=O) groups is 3. The number of hydrogen-bond donors (Lipinski definition) is 0. The summed E-state index contributed by atoms with van der Waals surface area (Å²) in [6, 6.07) is 0. The third-order valence-electron chi connectivity index (χ3n) is 10.3. The molecule has 0 aromatic carbocycles. The average molecular weight is 799 g/mol. The van der Waals surface area contributed by atoms with Crippen LogP contribution in [0.15, 0.2) is 48.6 Å². The van der Waals surface area contributed by atoms with Gasteiger partial charge >= 0.3 is 17.9 Å². The first-order chi connectivity index (χ1) is 28.0. The Bertz CT molecular complexity index is 1010. The molecule has 1 atom stereocenters. The van der Waals surface area contributed by atoms with Gasteiger partial charge in [0.1, 0.15) is 13.2 Å². The normalized spacial score (nSPS) is 12.4. The van der Waals surface area contributed by atoms with Crippen LogP contribution in [-0.4, -0.2) is 37.2 Å². The molecule has 0 fully saturated rings. The van der Waals surface area contributed by atoms with E-state index >= 15 is 0 Å². The Kier molecular flexibility index (Phi) is 43.9. The molecule has 6 heteroatoms. The lowest BCUT2D eigenvalue weighted by atomic mass is 10.1. The van der Waals surface area contributed by atoms with E-state index in [0.717, 1.165) is 96.3 Å². The standard InChI is InChI=1S/C51H90O6/c1-4-7-10-13-16-18-20-22-24-25-26-27-29-30-32-35-38-41-44-50(53)56-47-48(46-55-49(52)43-40-37-34-15-12-9-6-3)57-51(54)45-42-39-36-33-31-28-23-21-19-17-14-11-8-5-2/h14,17-18,20-21,23-25,48H,4-13,15-16,19,22,26-47H2,1-3H3/b17-14-,20-18-,23-21-,25-24-. The van der Waals surface area contributed by atoms with Gasteiger partial charge in [-0.25, -0.2) is 0 Å². The van der Waals surface area contributed by atoms with E-state index in [2.05, 4.69) is 69.4 Å². The van der Waals surface area contributed by atoms with Gasteiger partial charge in [0.2, 0.25) is 0 Å². The molecule has 0 radical (unpaired) electrons. The number of esters is 3. The van der Waals surface area contributed by atoms with Crippen molar-refractivity contribution in [2.24, 2.45) is 0 Å². The zero-order chi connectivity index (χ0) is 41.5. The fraction of sp³-hybridized carbons (Fsp3) is 0.784. The van der Waals surface area contributed by atoms with Crippen molar-refractivity contribution in [3.63, 3.8) is 0 Å². The van der Waals surface area contributed by atoms with Crippen molar-refractivity contribution in [1.29, 1.82) is 0 Å². The van der Waals surface area contributed by atoms with E-state index in [0.29, 0.717) is 19.3 Å². The fourth-order valence-electron chi connectivity index (χ4n) is 6.61. The lowest BCUT2D eigenvalue weighted by Crippen LogP contribution is -2.30. The van der Waals surface area contributed by atoms with Gasteiger partial charge in [-0.15, -0.1) is 0 Å². The third-order valence-corrected chi connectivity index (χ3v) is 10.3. The van der Waals surface area contributed by atoms with Crippen LogP contribution in [0.2, 0.25) is 0 Å². The maximum Gasteiger partial charge on any atom is 0.306 e. The Morgan fingerprint density at radius 3 is 1.04 bits per heavy atom. The second kappa shape index (κ2) is 46.1. The minimum Gasteiger partial charge on any atom is -0.462 e. The van der Waals surface area contributed by atoms with Crippen molar-refractivity contribution in [3.05, 3.63) is 48.6 Å². The van der Waals surface area contributed by atoms with Crippen molar-refractivity contribution >= 4 is 17.9 Å². The average Bonchev–Trinajstić information content (AvgIpc) is 3.21. The van der Waals surface area contributed by atoms with Crippen molar-refractivity contribution in [2.75, 3.05) is 13.2 Å². The summed E-state index contributed by atoms with van der Waals surface area (Å²) in [5.74, 6) is -0.908. The van der Waals surface area contributed by atoms with Crippen molar-refractivity contribution in [3.8, 4) is 0 Å². The van der Waals surface area contributed by atoms with E-state index in [4.69, 9.17) is 14.2 Å². The van der Waals surface area contributed by atoms with Gasteiger partial charge in [-0.05, 0) is 77.0 Å². The summed E-state index contributed by atoms with van der Waals surface area (Å²) in [7, 11) is 0. The van der Waals surface area contributed by atoms with Crippen LogP contribution in [-0.2, 0) is 28.6 Å². The zero-order valence-corrected chi connectivity index (χ0v) is 37.6. The molecule has 330 valence electrons. The number of rotatable bonds is 43. The van der Waals surface area contributed by atoms with E-state index in [1.54, 1.807) is 0 Å². The first kappa shape index (κ1) is 54.4. The molecule has 6 nitrogen and oxygen atoms in total. The molecular weight excluding hydrogens is 709 g/mol. The summed E-state index contributed by atoms with van der Waals surface area (Å²) in [6.07, 6.45) is 53.9. The summed E-state index contributed by atoms with van der Waals surface area (Å²) >= 11 is 0. The summed E-state index contributed by atoms with van der Waals surface area (Å²) in [4.78, 5) is 37.7. The van der Waals surface area contributed by atoms with E-state index in [1.807, 2.05) is 0 Å². The van der Waals surface area contributed by atoms with Crippen LogP contribution in [0.1, 0.15) is 239 Å². The second-order valence-electron chi connectivity index (χ2n) is 16.0. The molecule has 0 bridgehead atoms. The van der Waals surface area contributed by atoms with Crippen molar-refractivity contribution in [1.82, 2.24) is 0 Å². The summed E-state index contributed by atoms with van der Waals surface area (Å²) in [6.45, 7) is 6.52. The van der Waals surface area contributed by atoms with Gasteiger partial charge in [0, 0.05) is 19.3 Å². The molecule has 0 aromatic rings. The number of unbranched alkanes of at least 4 members (excludes halogenated alkanes) is 24. The number of ether oxygens (including phenoxy) is 3. The molecule has 0 saturated heterocycles. The minimum absolute atomic E-state index is 0.0809. The van der Waals surface area contributed by atoms with Gasteiger partial charge in [-0.2, -0.15) is 0 Å². The molecular formula is C51H90O6. The van der Waals surface area contributed by atoms with Crippen LogP contribution >= 0.6 is 0 Å². The highest BCUT2D eigenvalue weighted by molar-refractivity contribution is 5.71. The van der Waals surface area contributed by atoms with Crippen LogP contribution in [0.3, 0.4) is 0 Å². The lowest BCUT2D eigenvalue weighted by Gasteiger charge is -2.18. The Morgan fingerprint density at radius 2 is 0.649 bits per heavy atom. The third kappa shape index (κ3) is 44.3. The smallest absolute Gasteiger partial charge is 0.306 e. The molecule has 0 aliphatic carbocycles. The van der Waals surface area contributed by atoms with Gasteiger partial charge in [0.25, 0.3) is 0 Å². The van der Waals surface area contributed by atoms with Crippen LogP contribution in [0.25, 0.3) is 0 Å². The van der Waals surface area contributed by atoms with Crippen LogP contribution in [0, 0.1) is 0 Å². The highest BCUT2D eigenvalue weighted by Crippen LogP contribution is 2.14. The molecule has 0 aliphatic rings. The number of allylic oxidation sites excluding steroid dienone is 8. The predicted molar refractivity (Wildman–Crippen MR) is 242 cm³/mol. The molecule has 1 unspecified atom stereocenters. The monoisotopic (exact) mass is 799 g/mol. The molecule has 0 aromatic heterocycles. The fourth-order valence-corrected chi connectivity index (χ4v) is 6.61. The maximum atomic E-state index is 12.7. The largest absolute Gasteiger partial charge is 0.462 e. The van der Waals surface area contributed by atoms with Gasteiger partial charge in [0.05, 0.1) is 0 Å². The molecule has 0 rings (SSSR count). The van der Waals surface area contributed by atoms with E-state index in [-0.39, 0.29) is 31.1 Å². The summed E-state index contributed by atoms with van der Waals surface area (Å²) in [5.41, 5.74) is 0. The van der Waals surface area contributed by atoms with Crippen LogP contribution in [0.5, 0.6) is 0 Å². The Balaban J connectivity index is 4.30. The highest BCUT2D eigenvalue weighted by atomic mass is 16.6. The maximum absolute atomic E-state index is 12.7. The Labute approximate surface area is 352 Å². The van der Waals surface area contributed by atoms with E-state index in [1.165, 1.54) is 103 Å². The van der Waals surface area contributed by atoms with Crippen LogP contribution < -0.4 is 0 Å². The first-order valence-corrected chi connectivity index (χ1v) is 24.1. The zero-order valence-electron chi connectivity index (χ0n) is 37.6. The minimum atomic E-state index is -0.778. The SMILES string of the molecule is CCCC/C=C\C/C=C\CCCCCCCC(=O)OC(COC(=O)CCCCCCCCC)COC(=O)CCCCCCCCC/C=C\C/C=C\CCCCCC. The second-order valence-corrected chi connectivity index (χ2v) is 16.0. The van der Waals surface area contributed by atoms with E-state index in [9.17, 15) is 14.4 Å². The highest BCUT2D eigenvalue weighted by Gasteiger charge is 2.19. The molecule has 0 aliphatic heterocycles. The lowest BCUT2D eigenvalue weighted by molar-refractivity contribution is -0.167. The van der Waals surface area contributed by atoms with Crippen LogP contribution in [0.4, 0.5) is 0 Å². The number of hydrogen-bond acceptors (Lipinski definition) is 6. The Hall–Kier alpha value is -2.63. The topological polar surface area (TPSA) is 78.9 Å². The number of carbonyl (C=O) groups excluding carboxylic acids is 3. The summed E-state index contributed by atoms with van der Waals surface area (Å²) in [5, 5.41) is 0. The molecule has 0 spiro atoms. The summed E-state index contributed by atoms with van der Waals surface area (Å²) < 4.78 is 16.7. The van der Waals surface area contributed by atoms with E-state index < -0.39 is 6.10 Å². The van der Waals surface area contributed by atoms with Gasteiger partial charge < -0.3 is 14.2 Å². The molecule has 0 saturated carbocycles. The molecule has 57 heavy (non-hydrogen) atoms. The quantitative estimate of drug-likeness (QED) is 0.0265. The first-order valence-electron chi connectivity index (χ1n) is 24.1. The van der Waals surface area contributed by atoms with Gasteiger partial charge in [-0.3, -0.25) is 14.4 Å². The molecule has 0 amide bonds. The predicted octanol–water partition coefficient (Wildman–Crippen LogP) is 15.5. The molecule has 0 N–H and O–H groups in total. The molecule has 0 heterocycles. The van der Waals surface area contributed by atoms with Crippen molar-refractivity contribution in [2.45, 2.75) is 245 Å². The van der Waals surface area contributed by atoms with Crippen molar-refractivity contribution < 1.29 is 28.6 Å². The van der Waals surface area contributed by atoms with Gasteiger partial charge in [0.15, 0.2) is 6.10 Å². The van der Waals surface area contributed by atoms with Gasteiger partial charge in [-0.1, -0.05) is 191 Å². The Morgan fingerprint density at radius 1 is 0.351 bits per heavy atom.